The van der Waals surface area contributed by atoms with E-state index in [0.29, 0.717) is 0 Å². The van der Waals surface area contributed by atoms with E-state index in [1.807, 2.05) is 43.3 Å². The van der Waals surface area contributed by atoms with Gasteiger partial charge in [-0.2, -0.15) is 4.52 Å². The largest absolute Gasteiger partial charge is 0.347 e. The molecule has 0 radical (unpaired) electrons. The van der Waals surface area contributed by atoms with Crippen molar-refractivity contribution < 1.29 is 0 Å². The topological polar surface area (TPSA) is 59.2 Å². The van der Waals surface area contributed by atoms with Crippen molar-refractivity contribution in [3.8, 4) is 0 Å². The van der Waals surface area contributed by atoms with Crippen LogP contribution >= 0.6 is 0 Å². The van der Waals surface area contributed by atoms with E-state index in [4.69, 9.17) is 0 Å². The Morgan fingerprint density at radius 1 is 1.19 bits per heavy atom. The fourth-order valence-corrected chi connectivity index (χ4v) is 1.69. The van der Waals surface area contributed by atoms with Gasteiger partial charge >= 0.3 is 0 Å². The SMILES string of the molecule is CN(C)c1nc2ccccc2c2nnnn12. The average molecular weight is 214 g/mol. The molecule has 3 rings (SSSR count). The molecule has 3 aromatic rings. The molecule has 1 aromatic carbocycles. The number of nitrogens with zero attached hydrogens (tertiary/aromatic N) is 6. The van der Waals surface area contributed by atoms with Gasteiger partial charge in [-0.05, 0) is 22.6 Å². The number of hydrogen-bond donors (Lipinski definition) is 0. The molecule has 16 heavy (non-hydrogen) atoms. The van der Waals surface area contributed by atoms with Crippen LogP contribution in [-0.2, 0) is 0 Å². The molecule has 0 bridgehead atoms. The molecule has 0 aliphatic heterocycles. The number of tetrazole rings is 1. The van der Waals surface area contributed by atoms with Gasteiger partial charge in [0.1, 0.15) is 0 Å². The van der Waals surface area contributed by atoms with Crippen molar-refractivity contribution in [2.75, 3.05) is 19.0 Å². The third kappa shape index (κ3) is 1.13. The predicted molar refractivity (Wildman–Crippen MR) is 60.4 cm³/mol. The number of fused-ring (bicyclic) bond motifs is 3. The zero-order valence-electron chi connectivity index (χ0n) is 8.99. The lowest BCUT2D eigenvalue weighted by molar-refractivity contribution is 0.797. The van der Waals surface area contributed by atoms with Crippen LogP contribution in [0.25, 0.3) is 16.6 Å². The van der Waals surface area contributed by atoms with Crippen LogP contribution in [0.3, 0.4) is 0 Å². The molecule has 2 heterocycles. The molecule has 0 atom stereocenters. The lowest BCUT2D eigenvalue weighted by Crippen LogP contribution is -2.15. The van der Waals surface area contributed by atoms with Crippen molar-refractivity contribution in [1.29, 1.82) is 0 Å². The Morgan fingerprint density at radius 3 is 2.81 bits per heavy atom. The molecule has 0 aliphatic carbocycles. The average Bonchev–Trinajstić information content (AvgIpc) is 2.76. The molecule has 0 unspecified atom stereocenters. The summed E-state index contributed by atoms with van der Waals surface area (Å²) < 4.78 is 1.64. The summed E-state index contributed by atoms with van der Waals surface area (Å²) in [5.41, 5.74) is 1.63. The Bertz CT molecular complexity index is 657. The highest BCUT2D eigenvalue weighted by Gasteiger charge is 2.11. The van der Waals surface area contributed by atoms with E-state index in [2.05, 4.69) is 20.5 Å². The van der Waals surface area contributed by atoms with Gasteiger partial charge in [0.2, 0.25) is 5.95 Å². The zero-order chi connectivity index (χ0) is 11.1. The van der Waals surface area contributed by atoms with E-state index < -0.39 is 0 Å². The second-order valence-corrected chi connectivity index (χ2v) is 3.74. The lowest BCUT2D eigenvalue weighted by atomic mass is 10.2. The van der Waals surface area contributed by atoms with Crippen LogP contribution in [0.2, 0.25) is 0 Å². The van der Waals surface area contributed by atoms with E-state index in [1.165, 1.54) is 0 Å². The molecule has 0 saturated carbocycles. The summed E-state index contributed by atoms with van der Waals surface area (Å²) in [6.45, 7) is 0. The maximum Gasteiger partial charge on any atom is 0.230 e. The minimum atomic E-state index is 0.721. The third-order valence-electron chi connectivity index (χ3n) is 2.42. The Kier molecular flexibility index (Phi) is 1.76. The van der Waals surface area contributed by atoms with Crippen LogP contribution in [0, 0.1) is 0 Å². The van der Waals surface area contributed by atoms with E-state index in [9.17, 15) is 0 Å². The van der Waals surface area contributed by atoms with Crippen molar-refractivity contribution in [1.82, 2.24) is 25.0 Å². The summed E-state index contributed by atoms with van der Waals surface area (Å²) in [4.78, 5) is 6.41. The van der Waals surface area contributed by atoms with E-state index in [-0.39, 0.29) is 0 Å². The minimum Gasteiger partial charge on any atom is -0.347 e. The molecule has 6 nitrogen and oxygen atoms in total. The van der Waals surface area contributed by atoms with Crippen LogP contribution in [0.15, 0.2) is 24.3 Å². The van der Waals surface area contributed by atoms with Gasteiger partial charge < -0.3 is 4.90 Å². The number of aromatic nitrogens is 5. The van der Waals surface area contributed by atoms with Crippen LogP contribution in [-0.4, -0.2) is 39.1 Å². The first-order chi connectivity index (χ1) is 7.77. The summed E-state index contributed by atoms with van der Waals surface area (Å²) in [7, 11) is 3.83. The first-order valence-electron chi connectivity index (χ1n) is 4.91. The molecule has 0 amide bonds. The quantitative estimate of drug-likeness (QED) is 0.598. The first-order valence-corrected chi connectivity index (χ1v) is 4.91. The maximum absolute atomic E-state index is 4.52. The molecule has 80 valence electrons. The van der Waals surface area contributed by atoms with Gasteiger partial charge in [-0.1, -0.05) is 12.1 Å². The van der Waals surface area contributed by atoms with Gasteiger partial charge in [0.05, 0.1) is 5.52 Å². The summed E-state index contributed by atoms with van der Waals surface area (Å²) in [5.74, 6) is 0.721. The second-order valence-electron chi connectivity index (χ2n) is 3.74. The summed E-state index contributed by atoms with van der Waals surface area (Å²) in [6, 6.07) is 7.83. The number of rotatable bonds is 1. The summed E-state index contributed by atoms with van der Waals surface area (Å²) in [6.07, 6.45) is 0. The number of benzene rings is 1. The Balaban J connectivity index is 2.53. The standard InChI is InChI=1S/C10H10N6/c1-15(2)10-11-8-6-4-3-5-7(8)9-12-13-14-16(9)10/h3-6H,1-2H3. The fourth-order valence-electron chi connectivity index (χ4n) is 1.69. The van der Waals surface area contributed by atoms with Crippen molar-refractivity contribution in [2.45, 2.75) is 0 Å². The van der Waals surface area contributed by atoms with Crippen LogP contribution in [0.1, 0.15) is 0 Å². The van der Waals surface area contributed by atoms with Crippen molar-refractivity contribution in [2.24, 2.45) is 0 Å². The van der Waals surface area contributed by atoms with Gasteiger partial charge in [-0.25, -0.2) is 4.98 Å². The third-order valence-corrected chi connectivity index (χ3v) is 2.42. The predicted octanol–water partition coefficient (Wildman–Crippen LogP) is 0.738. The highest BCUT2D eigenvalue weighted by molar-refractivity contribution is 5.91. The first kappa shape index (κ1) is 9.02. The monoisotopic (exact) mass is 214 g/mol. The zero-order valence-corrected chi connectivity index (χ0v) is 8.99. The smallest absolute Gasteiger partial charge is 0.230 e. The summed E-state index contributed by atoms with van der Waals surface area (Å²) in [5, 5.41) is 12.6. The van der Waals surface area contributed by atoms with Crippen molar-refractivity contribution in [3.63, 3.8) is 0 Å². The normalized spacial score (nSPS) is 11.1. The van der Waals surface area contributed by atoms with Gasteiger partial charge in [-0.15, -0.1) is 5.10 Å². The van der Waals surface area contributed by atoms with Crippen LogP contribution < -0.4 is 4.90 Å². The minimum absolute atomic E-state index is 0.721. The maximum atomic E-state index is 4.52. The highest BCUT2D eigenvalue weighted by Crippen LogP contribution is 2.19. The van der Waals surface area contributed by atoms with E-state index >= 15 is 0 Å². The molecular formula is C10H10N6. The van der Waals surface area contributed by atoms with Gasteiger partial charge in [0, 0.05) is 19.5 Å². The Labute approximate surface area is 91.5 Å². The van der Waals surface area contributed by atoms with Crippen LogP contribution in [0.4, 0.5) is 5.95 Å². The van der Waals surface area contributed by atoms with Crippen molar-refractivity contribution in [3.05, 3.63) is 24.3 Å². The molecule has 0 saturated heterocycles. The Hall–Kier alpha value is -2.24. The number of anilines is 1. The van der Waals surface area contributed by atoms with Gasteiger partial charge in [0.25, 0.3) is 0 Å². The van der Waals surface area contributed by atoms with Gasteiger partial charge in [0.15, 0.2) is 5.65 Å². The van der Waals surface area contributed by atoms with E-state index in [0.717, 1.165) is 22.5 Å². The molecule has 0 fully saturated rings. The Morgan fingerprint density at radius 2 is 2.00 bits per heavy atom. The van der Waals surface area contributed by atoms with Crippen molar-refractivity contribution >= 4 is 22.5 Å². The molecular weight excluding hydrogens is 204 g/mol. The van der Waals surface area contributed by atoms with Crippen LogP contribution in [0.5, 0.6) is 0 Å². The highest BCUT2D eigenvalue weighted by atomic mass is 15.5. The summed E-state index contributed by atoms with van der Waals surface area (Å²) >= 11 is 0. The lowest BCUT2D eigenvalue weighted by Gasteiger charge is -2.12. The molecule has 2 aromatic heterocycles. The fraction of sp³-hybridized carbons (Fsp3) is 0.200. The number of hydrogen-bond acceptors (Lipinski definition) is 5. The van der Waals surface area contributed by atoms with Gasteiger partial charge in [-0.3, -0.25) is 0 Å². The number of para-hydroxylation sites is 1. The second kappa shape index (κ2) is 3.13. The molecule has 0 aliphatic rings. The molecule has 6 heteroatoms. The van der Waals surface area contributed by atoms with E-state index in [1.54, 1.807) is 4.52 Å². The molecule has 0 N–H and O–H groups in total. The molecule has 0 spiro atoms.